The number of hydrogen-bond acceptors (Lipinski definition) is 3. The van der Waals surface area contributed by atoms with Crippen molar-refractivity contribution in [3.05, 3.63) is 30.4 Å². The summed E-state index contributed by atoms with van der Waals surface area (Å²) in [5.41, 5.74) is 8.33. The van der Waals surface area contributed by atoms with Gasteiger partial charge in [0.05, 0.1) is 17.9 Å². The van der Waals surface area contributed by atoms with Crippen LogP contribution >= 0.6 is 0 Å². The van der Waals surface area contributed by atoms with Crippen LogP contribution in [0.15, 0.2) is 24.8 Å². The molecule has 2 heterocycles. The molecule has 0 aliphatic rings. The van der Waals surface area contributed by atoms with E-state index < -0.39 is 0 Å². The molecule has 0 aliphatic carbocycles. The first-order valence-electron chi connectivity index (χ1n) is 6.21. The summed E-state index contributed by atoms with van der Waals surface area (Å²) in [6, 6.07) is 0.0652. The van der Waals surface area contributed by atoms with Crippen LogP contribution < -0.4 is 5.73 Å². The quantitative estimate of drug-likeness (QED) is 0.862. The summed E-state index contributed by atoms with van der Waals surface area (Å²) < 4.78 is 1.82. The molecule has 0 spiro atoms. The second kappa shape index (κ2) is 5.27. The normalized spacial score (nSPS) is 13.4. The van der Waals surface area contributed by atoms with E-state index in [2.05, 4.69) is 23.9 Å². The molecule has 1 unspecified atom stereocenters. The third-order valence-corrected chi connectivity index (χ3v) is 3.05. The van der Waals surface area contributed by atoms with Crippen LogP contribution in [0.25, 0.3) is 5.52 Å². The Bertz CT molecular complexity index is 475. The van der Waals surface area contributed by atoms with Gasteiger partial charge in [-0.15, -0.1) is 0 Å². The Morgan fingerprint density at radius 1 is 1.29 bits per heavy atom. The first-order chi connectivity index (χ1) is 8.18. The molecule has 0 aromatic carbocycles. The van der Waals surface area contributed by atoms with E-state index in [1.807, 2.05) is 23.1 Å². The van der Waals surface area contributed by atoms with Crippen LogP contribution in [0.3, 0.4) is 0 Å². The Kier molecular flexibility index (Phi) is 3.74. The number of nitrogens with two attached hydrogens (primary N) is 1. The molecule has 92 valence electrons. The van der Waals surface area contributed by atoms with Gasteiger partial charge in [-0.3, -0.25) is 4.98 Å². The summed E-state index contributed by atoms with van der Waals surface area (Å²) in [7, 11) is 0. The summed E-state index contributed by atoms with van der Waals surface area (Å²) in [5, 5.41) is 4.28. The Morgan fingerprint density at radius 3 is 2.88 bits per heavy atom. The third-order valence-electron chi connectivity index (χ3n) is 3.05. The largest absolute Gasteiger partial charge is 0.324 e. The zero-order valence-electron chi connectivity index (χ0n) is 10.5. The van der Waals surface area contributed by atoms with Gasteiger partial charge in [0, 0.05) is 24.0 Å². The van der Waals surface area contributed by atoms with Gasteiger partial charge < -0.3 is 5.73 Å². The van der Waals surface area contributed by atoms with Crippen molar-refractivity contribution in [1.82, 2.24) is 14.6 Å². The minimum atomic E-state index is 0.0652. The molecule has 2 aromatic rings. The van der Waals surface area contributed by atoms with Crippen LogP contribution in [0.5, 0.6) is 0 Å². The Hall–Kier alpha value is -1.42. The molecule has 2 rings (SSSR count). The average Bonchev–Trinajstić information content (AvgIpc) is 2.72. The van der Waals surface area contributed by atoms with Crippen molar-refractivity contribution < 1.29 is 0 Å². The molecular formula is C13H20N4. The number of fused-ring (bicyclic) bond motifs is 1. The van der Waals surface area contributed by atoms with E-state index in [0.717, 1.165) is 29.8 Å². The highest BCUT2D eigenvalue weighted by atomic mass is 15.2. The van der Waals surface area contributed by atoms with Gasteiger partial charge >= 0.3 is 0 Å². The van der Waals surface area contributed by atoms with Crippen molar-refractivity contribution in [3.63, 3.8) is 0 Å². The third kappa shape index (κ3) is 2.82. The van der Waals surface area contributed by atoms with E-state index in [0.29, 0.717) is 0 Å². The fourth-order valence-corrected chi connectivity index (χ4v) is 2.04. The van der Waals surface area contributed by atoms with E-state index in [1.165, 1.54) is 6.42 Å². The smallest absolute Gasteiger partial charge is 0.0892 e. The predicted molar refractivity (Wildman–Crippen MR) is 68.6 cm³/mol. The molecule has 1 atom stereocenters. The van der Waals surface area contributed by atoms with Crippen molar-refractivity contribution in [1.29, 1.82) is 0 Å². The Balaban J connectivity index is 2.06. The summed E-state index contributed by atoms with van der Waals surface area (Å²) in [6.07, 6.45) is 10.7. The highest BCUT2D eigenvalue weighted by molar-refractivity contribution is 5.52. The number of hydrogen-bond donors (Lipinski definition) is 1. The van der Waals surface area contributed by atoms with Crippen LogP contribution in [-0.4, -0.2) is 14.6 Å². The molecule has 0 bridgehead atoms. The molecule has 0 aliphatic heterocycles. The highest BCUT2D eigenvalue weighted by Gasteiger charge is 2.12. The molecular weight excluding hydrogens is 212 g/mol. The molecule has 0 saturated heterocycles. The molecule has 17 heavy (non-hydrogen) atoms. The van der Waals surface area contributed by atoms with Gasteiger partial charge in [-0.05, 0) is 12.3 Å². The molecule has 0 fully saturated rings. The standard InChI is InChI=1S/C13H20N4/c1-10(2)4-3-5-12(14)11-8-16-17-7-6-15-9-13(11)17/h6-10,12H,3-5,14H2,1-2H3. The Morgan fingerprint density at radius 2 is 2.12 bits per heavy atom. The van der Waals surface area contributed by atoms with Crippen molar-refractivity contribution >= 4 is 5.52 Å². The minimum Gasteiger partial charge on any atom is -0.324 e. The second-order valence-electron chi connectivity index (χ2n) is 4.94. The average molecular weight is 232 g/mol. The van der Waals surface area contributed by atoms with Crippen molar-refractivity contribution in [3.8, 4) is 0 Å². The Labute approximate surface area is 102 Å². The molecule has 4 heteroatoms. The maximum Gasteiger partial charge on any atom is 0.0892 e. The summed E-state index contributed by atoms with van der Waals surface area (Å²) in [6.45, 7) is 4.48. The lowest BCUT2D eigenvalue weighted by molar-refractivity contribution is 0.506. The van der Waals surface area contributed by atoms with Gasteiger partial charge in [0.25, 0.3) is 0 Å². The van der Waals surface area contributed by atoms with Gasteiger partial charge in [-0.1, -0.05) is 26.7 Å². The van der Waals surface area contributed by atoms with Crippen LogP contribution in [-0.2, 0) is 0 Å². The van der Waals surface area contributed by atoms with Gasteiger partial charge in [0.1, 0.15) is 0 Å². The number of nitrogens with zero attached hydrogens (tertiary/aromatic N) is 3. The van der Waals surface area contributed by atoms with E-state index in [1.54, 1.807) is 6.20 Å². The lowest BCUT2D eigenvalue weighted by Crippen LogP contribution is -2.10. The fraction of sp³-hybridized carbons (Fsp3) is 0.538. The molecule has 4 nitrogen and oxygen atoms in total. The second-order valence-corrected chi connectivity index (χ2v) is 4.94. The lowest BCUT2D eigenvalue weighted by Gasteiger charge is -2.11. The molecule has 2 N–H and O–H groups in total. The van der Waals surface area contributed by atoms with E-state index in [-0.39, 0.29) is 6.04 Å². The van der Waals surface area contributed by atoms with Crippen molar-refractivity contribution in [2.75, 3.05) is 0 Å². The highest BCUT2D eigenvalue weighted by Crippen LogP contribution is 2.21. The van der Waals surface area contributed by atoms with Crippen molar-refractivity contribution in [2.24, 2.45) is 11.7 Å². The zero-order chi connectivity index (χ0) is 12.3. The minimum absolute atomic E-state index is 0.0652. The summed E-state index contributed by atoms with van der Waals surface area (Å²) >= 11 is 0. The van der Waals surface area contributed by atoms with Crippen LogP contribution in [0, 0.1) is 5.92 Å². The SMILES string of the molecule is CC(C)CCCC(N)c1cnn2ccncc12. The summed E-state index contributed by atoms with van der Waals surface area (Å²) in [5.74, 6) is 0.743. The van der Waals surface area contributed by atoms with Gasteiger partial charge in [-0.25, -0.2) is 4.52 Å². The van der Waals surface area contributed by atoms with E-state index >= 15 is 0 Å². The van der Waals surface area contributed by atoms with Gasteiger partial charge in [0.15, 0.2) is 0 Å². The molecule has 2 aromatic heterocycles. The maximum atomic E-state index is 6.21. The van der Waals surface area contributed by atoms with Crippen molar-refractivity contribution in [2.45, 2.75) is 39.2 Å². The first kappa shape index (κ1) is 12.0. The summed E-state index contributed by atoms with van der Waals surface area (Å²) in [4.78, 5) is 4.12. The van der Waals surface area contributed by atoms with Crippen LogP contribution in [0.1, 0.15) is 44.7 Å². The lowest BCUT2D eigenvalue weighted by atomic mass is 10.00. The molecule has 0 radical (unpaired) electrons. The topological polar surface area (TPSA) is 56.2 Å². The van der Waals surface area contributed by atoms with Crippen LogP contribution in [0.4, 0.5) is 0 Å². The van der Waals surface area contributed by atoms with Gasteiger partial charge in [0.2, 0.25) is 0 Å². The maximum absolute atomic E-state index is 6.21. The van der Waals surface area contributed by atoms with Crippen LogP contribution in [0.2, 0.25) is 0 Å². The fourth-order valence-electron chi connectivity index (χ4n) is 2.04. The number of rotatable bonds is 5. The molecule has 0 saturated carbocycles. The first-order valence-corrected chi connectivity index (χ1v) is 6.21. The predicted octanol–water partition coefficient (Wildman–Crippen LogP) is 2.56. The van der Waals surface area contributed by atoms with Gasteiger partial charge in [-0.2, -0.15) is 5.10 Å². The zero-order valence-corrected chi connectivity index (χ0v) is 10.5. The number of aromatic nitrogens is 3. The van der Waals surface area contributed by atoms with E-state index in [9.17, 15) is 0 Å². The van der Waals surface area contributed by atoms with E-state index in [4.69, 9.17) is 5.73 Å². The molecule has 0 amide bonds. The monoisotopic (exact) mass is 232 g/mol.